The maximum atomic E-state index is 13.4. The first kappa shape index (κ1) is 31.3. The maximum Gasteiger partial charge on any atom is 0.339 e. The van der Waals surface area contributed by atoms with Crippen LogP contribution >= 0.6 is 23.2 Å². The Labute approximate surface area is 273 Å². The predicted molar refractivity (Wildman–Crippen MR) is 172 cm³/mol. The SMILES string of the molecule is Cc1c(Cl)ccc2c(C(=O)OCC(=O)c3ccc(Cl)c([N+](=O)[O-])c3)cc(-c3ccc(N4C(=O)C5CCC(C)CC5C4=O)cc3)nc12. The molecule has 3 aromatic carbocycles. The minimum atomic E-state index is -0.811. The third-order valence-corrected chi connectivity index (χ3v) is 9.53. The van der Waals surface area contributed by atoms with Gasteiger partial charge in [-0.2, -0.15) is 0 Å². The number of hydrogen-bond donors (Lipinski definition) is 0. The van der Waals surface area contributed by atoms with Crippen molar-refractivity contribution >= 4 is 69.0 Å². The van der Waals surface area contributed by atoms with Crippen molar-refractivity contribution in [3.63, 3.8) is 0 Å². The first-order chi connectivity index (χ1) is 21.9. The van der Waals surface area contributed by atoms with Crippen molar-refractivity contribution in [1.82, 2.24) is 4.98 Å². The van der Waals surface area contributed by atoms with Gasteiger partial charge >= 0.3 is 5.97 Å². The van der Waals surface area contributed by atoms with E-state index in [4.69, 9.17) is 32.9 Å². The molecule has 2 heterocycles. The van der Waals surface area contributed by atoms with E-state index in [-0.39, 0.29) is 39.8 Å². The Morgan fingerprint density at radius 3 is 2.39 bits per heavy atom. The number of aryl methyl sites for hydroxylation is 1. The monoisotopic (exact) mass is 659 g/mol. The number of carbonyl (C=O) groups excluding carboxylic acids is 4. The Kier molecular flexibility index (Phi) is 8.35. The van der Waals surface area contributed by atoms with Crippen LogP contribution in [0.25, 0.3) is 22.2 Å². The van der Waals surface area contributed by atoms with Crippen LogP contribution in [0, 0.1) is 34.8 Å². The number of ether oxygens (including phenoxy) is 1. The molecule has 1 saturated heterocycles. The van der Waals surface area contributed by atoms with Crippen molar-refractivity contribution in [2.75, 3.05) is 11.5 Å². The van der Waals surface area contributed by atoms with E-state index in [1.807, 2.05) is 0 Å². The first-order valence-electron chi connectivity index (χ1n) is 14.7. The van der Waals surface area contributed by atoms with Gasteiger partial charge in [-0.05, 0) is 74.1 Å². The molecular weight excluding hydrogens is 633 g/mol. The van der Waals surface area contributed by atoms with Gasteiger partial charge in [0, 0.05) is 27.6 Å². The number of fused-ring (bicyclic) bond motifs is 2. The minimum absolute atomic E-state index is 0.0318. The van der Waals surface area contributed by atoms with E-state index in [0.717, 1.165) is 12.5 Å². The van der Waals surface area contributed by atoms with E-state index in [2.05, 4.69) is 6.92 Å². The standard InChI is InChI=1S/C34H27Cl2N3O7/c1-17-3-9-23-24(13-17)33(42)38(32(23)41)21-7-4-19(5-8-21)28-15-25(22-10-12-26(35)18(2)31(22)37-28)34(43)46-16-30(40)20-6-11-27(36)29(14-20)39(44)45/h4-8,10-12,14-15,17,23-24H,3,9,13,16H2,1-2H3. The fourth-order valence-electron chi connectivity index (χ4n) is 6.26. The van der Waals surface area contributed by atoms with Gasteiger partial charge in [-0.15, -0.1) is 0 Å². The molecule has 10 nitrogen and oxygen atoms in total. The van der Waals surface area contributed by atoms with E-state index in [0.29, 0.717) is 57.2 Å². The lowest BCUT2D eigenvalue weighted by atomic mass is 9.76. The second kappa shape index (κ2) is 12.3. The highest BCUT2D eigenvalue weighted by atomic mass is 35.5. The van der Waals surface area contributed by atoms with E-state index >= 15 is 0 Å². The van der Waals surface area contributed by atoms with Gasteiger partial charge in [-0.3, -0.25) is 29.4 Å². The van der Waals surface area contributed by atoms with E-state index in [1.54, 1.807) is 43.3 Å². The highest BCUT2D eigenvalue weighted by Crippen LogP contribution is 2.42. The molecule has 0 spiro atoms. The molecule has 1 aliphatic carbocycles. The average molecular weight is 661 g/mol. The summed E-state index contributed by atoms with van der Waals surface area (Å²) in [7, 11) is 0. The largest absolute Gasteiger partial charge is 0.454 e. The van der Waals surface area contributed by atoms with E-state index in [1.165, 1.54) is 23.1 Å². The summed E-state index contributed by atoms with van der Waals surface area (Å²) in [5.74, 6) is -1.98. The zero-order chi connectivity index (χ0) is 32.9. The third kappa shape index (κ3) is 5.63. The Balaban J connectivity index is 1.29. The van der Waals surface area contributed by atoms with Crippen molar-refractivity contribution < 1.29 is 28.8 Å². The van der Waals surface area contributed by atoms with Crippen LogP contribution in [-0.2, 0) is 14.3 Å². The number of aromatic nitrogens is 1. The molecule has 6 rings (SSSR count). The number of ketones is 1. The minimum Gasteiger partial charge on any atom is -0.454 e. The quantitative estimate of drug-likeness (QED) is 0.0658. The summed E-state index contributed by atoms with van der Waals surface area (Å²) in [5.41, 5.74) is 2.21. The fraction of sp³-hybridized carbons (Fsp3) is 0.265. The van der Waals surface area contributed by atoms with Crippen LogP contribution in [0.5, 0.6) is 0 Å². The highest BCUT2D eigenvalue weighted by molar-refractivity contribution is 6.33. The Morgan fingerprint density at radius 2 is 1.67 bits per heavy atom. The molecule has 1 aromatic heterocycles. The van der Waals surface area contributed by atoms with Crippen molar-refractivity contribution in [2.45, 2.75) is 33.1 Å². The summed E-state index contributed by atoms with van der Waals surface area (Å²) >= 11 is 12.2. The van der Waals surface area contributed by atoms with Gasteiger partial charge < -0.3 is 4.74 Å². The lowest BCUT2D eigenvalue weighted by molar-refractivity contribution is -0.384. The number of nitro groups is 1. The second-order valence-corrected chi connectivity index (χ2v) is 12.6. The van der Waals surface area contributed by atoms with Crippen molar-refractivity contribution in [1.29, 1.82) is 0 Å². The van der Waals surface area contributed by atoms with Crippen LogP contribution in [0.4, 0.5) is 11.4 Å². The number of nitro benzene ring substituents is 1. The zero-order valence-corrected chi connectivity index (χ0v) is 26.3. The number of carbonyl (C=O) groups is 4. The Morgan fingerprint density at radius 1 is 0.978 bits per heavy atom. The number of esters is 1. The molecule has 2 fully saturated rings. The van der Waals surface area contributed by atoms with Gasteiger partial charge in [0.05, 0.1) is 39.2 Å². The molecule has 12 heteroatoms. The van der Waals surface area contributed by atoms with Crippen LogP contribution in [0.3, 0.4) is 0 Å². The summed E-state index contributed by atoms with van der Waals surface area (Å²) < 4.78 is 5.37. The molecule has 0 N–H and O–H groups in total. The van der Waals surface area contributed by atoms with Crippen LogP contribution in [0.15, 0.2) is 60.7 Å². The molecule has 3 unspecified atom stereocenters. The number of benzene rings is 3. The Bertz CT molecular complexity index is 1960. The molecule has 4 aromatic rings. The van der Waals surface area contributed by atoms with Gasteiger partial charge in [0.25, 0.3) is 5.69 Å². The molecule has 2 amide bonds. The summed E-state index contributed by atoms with van der Waals surface area (Å²) in [6.45, 7) is 3.20. The number of anilines is 1. The molecule has 234 valence electrons. The molecule has 2 aliphatic rings. The third-order valence-electron chi connectivity index (χ3n) is 8.80. The summed E-state index contributed by atoms with van der Waals surface area (Å²) in [5, 5.41) is 12.0. The number of hydrogen-bond acceptors (Lipinski definition) is 8. The van der Waals surface area contributed by atoms with Crippen LogP contribution in [0.2, 0.25) is 10.0 Å². The topological polar surface area (TPSA) is 137 Å². The van der Waals surface area contributed by atoms with Crippen LogP contribution in [0.1, 0.15) is 52.5 Å². The van der Waals surface area contributed by atoms with Gasteiger partial charge in [0.15, 0.2) is 6.61 Å². The van der Waals surface area contributed by atoms with Gasteiger partial charge in [-0.25, -0.2) is 9.78 Å². The van der Waals surface area contributed by atoms with Gasteiger partial charge in [0.2, 0.25) is 17.6 Å². The average Bonchev–Trinajstić information content (AvgIpc) is 3.29. The summed E-state index contributed by atoms with van der Waals surface area (Å²) in [6, 6.07) is 15.2. The van der Waals surface area contributed by atoms with Gasteiger partial charge in [-0.1, -0.05) is 48.3 Å². The molecule has 46 heavy (non-hydrogen) atoms. The van der Waals surface area contributed by atoms with Crippen LogP contribution in [-0.4, -0.2) is 40.1 Å². The number of halogens is 2. The van der Waals surface area contributed by atoms with E-state index in [9.17, 15) is 29.3 Å². The Hall–Kier alpha value is -4.67. The van der Waals surface area contributed by atoms with E-state index < -0.39 is 29.0 Å². The van der Waals surface area contributed by atoms with Crippen LogP contribution < -0.4 is 4.90 Å². The van der Waals surface area contributed by atoms with Crippen molar-refractivity contribution in [3.8, 4) is 11.3 Å². The normalized spacial score (nSPS) is 19.3. The van der Waals surface area contributed by atoms with Crippen molar-refractivity contribution in [2.24, 2.45) is 17.8 Å². The smallest absolute Gasteiger partial charge is 0.339 e. The lowest BCUT2D eigenvalue weighted by Crippen LogP contribution is -2.30. The highest BCUT2D eigenvalue weighted by Gasteiger charge is 2.49. The molecule has 1 aliphatic heterocycles. The lowest BCUT2D eigenvalue weighted by Gasteiger charge is -2.25. The first-order valence-corrected chi connectivity index (χ1v) is 15.4. The number of amides is 2. The fourth-order valence-corrected chi connectivity index (χ4v) is 6.60. The summed E-state index contributed by atoms with van der Waals surface area (Å²) in [4.78, 5) is 69.1. The number of rotatable bonds is 7. The molecule has 0 bridgehead atoms. The van der Waals surface area contributed by atoms with Gasteiger partial charge in [0.1, 0.15) is 5.02 Å². The number of pyridine rings is 1. The second-order valence-electron chi connectivity index (χ2n) is 11.7. The number of imide groups is 1. The predicted octanol–water partition coefficient (Wildman–Crippen LogP) is 7.39. The molecule has 0 radical (unpaired) electrons. The number of Topliss-reactive ketones (excluding diaryl/α,β-unsaturated/α-hetero) is 1. The zero-order valence-electron chi connectivity index (χ0n) is 24.8. The molecular formula is C34H27Cl2N3O7. The van der Waals surface area contributed by atoms with Crippen molar-refractivity contribution in [3.05, 3.63) is 97.5 Å². The summed E-state index contributed by atoms with van der Waals surface area (Å²) in [6.07, 6.45) is 2.33. The maximum absolute atomic E-state index is 13.4. The molecule has 3 atom stereocenters. The molecule has 1 saturated carbocycles. The number of nitrogens with zero attached hydrogens (tertiary/aromatic N) is 3.